The van der Waals surface area contributed by atoms with E-state index in [-0.39, 0.29) is 24.1 Å². The first kappa shape index (κ1) is 17.4. The molecule has 0 aliphatic carbocycles. The molecular weight excluding hydrogens is 271 g/mol. The minimum atomic E-state index is -0.387. The summed E-state index contributed by atoms with van der Waals surface area (Å²) in [6, 6.07) is 6.25. The third-order valence-electron chi connectivity index (χ3n) is 3.46. The van der Waals surface area contributed by atoms with Crippen molar-refractivity contribution in [1.82, 2.24) is 4.90 Å². The Balaban J connectivity index is 2.25. The molecule has 0 radical (unpaired) electrons. The molecule has 0 spiro atoms. The van der Waals surface area contributed by atoms with Gasteiger partial charge in [-0.3, -0.25) is 4.79 Å². The summed E-state index contributed by atoms with van der Waals surface area (Å²) in [7, 11) is 1.74. The van der Waals surface area contributed by atoms with Crippen molar-refractivity contribution in [3.05, 3.63) is 30.1 Å². The Morgan fingerprint density at radius 3 is 2.76 bits per heavy atom. The molecule has 4 nitrogen and oxygen atoms in total. The van der Waals surface area contributed by atoms with Crippen molar-refractivity contribution in [2.24, 2.45) is 11.7 Å². The molecule has 21 heavy (non-hydrogen) atoms. The summed E-state index contributed by atoms with van der Waals surface area (Å²) in [5, 5.41) is 0. The van der Waals surface area contributed by atoms with Crippen LogP contribution in [-0.4, -0.2) is 37.6 Å². The van der Waals surface area contributed by atoms with E-state index < -0.39 is 0 Å². The fourth-order valence-electron chi connectivity index (χ4n) is 1.97. The number of amides is 1. The lowest BCUT2D eigenvalue weighted by molar-refractivity contribution is -0.130. The van der Waals surface area contributed by atoms with Gasteiger partial charge in [0.05, 0.1) is 6.54 Å². The highest BCUT2D eigenvalue weighted by Gasteiger charge is 2.11. The molecule has 0 saturated carbocycles. The Labute approximate surface area is 126 Å². The van der Waals surface area contributed by atoms with Gasteiger partial charge in [-0.2, -0.15) is 0 Å². The third-order valence-corrected chi connectivity index (χ3v) is 3.46. The van der Waals surface area contributed by atoms with Crippen LogP contribution < -0.4 is 10.5 Å². The molecule has 0 aromatic heterocycles. The van der Waals surface area contributed by atoms with Gasteiger partial charge in [0.2, 0.25) is 5.91 Å². The van der Waals surface area contributed by atoms with Crippen molar-refractivity contribution in [2.75, 3.05) is 26.7 Å². The summed E-state index contributed by atoms with van der Waals surface area (Å²) in [5.41, 5.74) is 5.49. The highest BCUT2D eigenvalue weighted by molar-refractivity contribution is 5.75. The van der Waals surface area contributed by atoms with E-state index >= 15 is 0 Å². The van der Waals surface area contributed by atoms with Crippen molar-refractivity contribution in [1.29, 1.82) is 0 Å². The van der Waals surface area contributed by atoms with E-state index in [9.17, 15) is 9.18 Å². The fourth-order valence-corrected chi connectivity index (χ4v) is 1.97. The largest absolute Gasteiger partial charge is 0.489 e. The summed E-state index contributed by atoms with van der Waals surface area (Å²) in [6.07, 6.45) is 2.29. The number of likely N-dealkylation sites (N-methyl/N-ethyl adjacent to an activating group) is 1. The number of carbonyl (C=O) groups is 1. The fraction of sp³-hybridized carbons (Fsp3) is 0.562. The van der Waals surface area contributed by atoms with Gasteiger partial charge in [0, 0.05) is 13.5 Å². The molecule has 0 bridgehead atoms. The molecule has 1 amide bonds. The molecule has 1 aromatic rings. The lowest BCUT2D eigenvalue weighted by atomic mass is 10.0. The number of hydrogen-bond acceptors (Lipinski definition) is 3. The quantitative estimate of drug-likeness (QED) is 0.761. The lowest BCUT2D eigenvalue weighted by Gasteiger charge is -2.18. The van der Waals surface area contributed by atoms with Crippen molar-refractivity contribution in [2.45, 2.75) is 26.2 Å². The van der Waals surface area contributed by atoms with E-state index in [2.05, 4.69) is 6.92 Å². The second-order valence-corrected chi connectivity index (χ2v) is 5.32. The van der Waals surface area contributed by atoms with Crippen LogP contribution >= 0.6 is 0 Å². The Bertz CT molecular complexity index is 440. The van der Waals surface area contributed by atoms with E-state index in [1.54, 1.807) is 30.1 Å². The van der Waals surface area contributed by atoms with Gasteiger partial charge >= 0.3 is 0 Å². The maximum absolute atomic E-state index is 13.3. The van der Waals surface area contributed by atoms with Crippen LogP contribution in [0.15, 0.2) is 24.3 Å². The topological polar surface area (TPSA) is 55.6 Å². The first-order chi connectivity index (χ1) is 10.0. The van der Waals surface area contributed by atoms with Crippen LogP contribution in [0.1, 0.15) is 26.2 Å². The molecule has 1 aromatic carbocycles. The van der Waals surface area contributed by atoms with Crippen LogP contribution in [0.25, 0.3) is 0 Å². The Hall–Kier alpha value is -1.62. The van der Waals surface area contributed by atoms with E-state index in [0.717, 1.165) is 12.8 Å². The van der Waals surface area contributed by atoms with Crippen molar-refractivity contribution < 1.29 is 13.9 Å². The van der Waals surface area contributed by atoms with Crippen LogP contribution in [0.3, 0.4) is 0 Å². The number of nitrogens with zero attached hydrogens (tertiary/aromatic N) is 1. The molecule has 0 aliphatic rings. The molecule has 0 fully saturated rings. The number of halogens is 1. The Morgan fingerprint density at radius 1 is 1.38 bits per heavy atom. The smallest absolute Gasteiger partial charge is 0.222 e. The zero-order valence-electron chi connectivity index (χ0n) is 12.8. The lowest BCUT2D eigenvalue weighted by Crippen LogP contribution is -2.31. The van der Waals surface area contributed by atoms with Crippen molar-refractivity contribution in [3.63, 3.8) is 0 Å². The number of rotatable bonds is 9. The predicted molar refractivity (Wildman–Crippen MR) is 81.6 cm³/mol. The zero-order valence-corrected chi connectivity index (χ0v) is 12.8. The average molecular weight is 296 g/mol. The molecule has 0 saturated heterocycles. The second kappa shape index (κ2) is 9.34. The number of ether oxygens (including phenoxy) is 1. The van der Waals surface area contributed by atoms with Gasteiger partial charge in [-0.15, -0.1) is 0 Å². The molecule has 5 heteroatoms. The minimum Gasteiger partial charge on any atom is -0.489 e. The molecule has 0 aliphatic heterocycles. The third kappa shape index (κ3) is 6.58. The average Bonchev–Trinajstić information content (AvgIpc) is 2.47. The predicted octanol–water partition coefficient (Wildman–Crippen LogP) is 2.43. The first-order valence-electron chi connectivity index (χ1n) is 7.36. The molecular formula is C16H25FN2O2. The monoisotopic (exact) mass is 296 g/mol. The number of para-hydroxylation sites is 1. The van der Waals surface area contributed by atoms with Gasteiger partial charge in [0.1, 0.15) is 6.61 Å². The van der Waals surface area contributed by atoms with E-state index in [1.165, 1.54) is 6.07 Å². The molecule has 1 unspecified atom stereocenters. The number of hydrogen-bond donors (Lipinski definition) is 1. The van der Waals surface area contributed by atoms with Gasteiger partial charge < -0.3 is 15.4 Å². The molecule has 1 atom stereocenters. The number of benzene rings is 1. The standard InChI is InChI=1S/C16H25FN2O2/c1-13(9-10-18)7-8-16(20)19(2)11-12-21-15-6-4-3-5-14(15)17/h3-6,13H,7-12,18H2,1-2H3. The Kier molecular flexibility index (Phi) is 7.75. The van der Waals surface area contributed by atoms with Gasteiger partial charge in [0.15, 0.2) is 11.6 Å². The van der Waals surface area contributed by atoms with E-state index in [4.69, 9.17) is 10.5 Å². The highest BCUT2D eigenvalue weighted by Crippen LogP contribution is 2.15. The number of carbonyl (C=O) groups excluding carboxylic acids is 1. The SMILES string of the molecule is CC(CCN)CCC(=O)N(C)CCOc1ccccc1F. The second-order valence-electron chi connectivity index (χ2n) is 5.32. The summed E-state index contributed by atoms with van der Waals surface area (Å²) in [6.45, 7) is 3.48. The zero-order chi connectivity index (χ0) is 15.7. The molecule has 0 heterocycles. The maximum Gasteiger partial charge on any atom is 0.222 e. The minimum absolute atomic E-state index is 0.0796. The van der Waals surface area contributed by atoms with Crippen LogP contribution in [0, 0.1) is 11.7 Å². The van der Waals surface area contributed by atoms with Crippen LogP contribution in [0.5, 0.6) is 5.75 Å². The van der Waals surface area contributed by atoms with Crippen molar-refractivity contribution in [3.8, 4) is 5.75 Å². The van der Waals surface area contributed by atoms with Gasteiger partial charge in [0.25, 0.3) is 0 Å². The number of nitrogens with two attached hydrogens (primary N) is 1. The molecule has 1 rings (SSSR count). The van der Waals surface area contributed by atoms with Crippen LogP contribution in [0.2, 0.25) is 0 Å². The normalized spacial score (nSPS) is 12.0. The van der Waals surface area contributed by atoms with E-state index in [0.29, 0.717) is 25.4 Å². The van der Waals surface area contributed by atoms with Gasteiger partial charge in [-0.1, -0.05) is 19.1 Å². The van der Waals surface area contributed by atoms with Crippen LogP contribution in [-0.2, 0) is 4.79 Å². The summed E-state index contributed by atoms with van der Waals surface area (Å²) < 4.78 is 18.7. The van der Waals surface area contributed by atoms with Crippen molar-refractivity contribution >= 4 is 5.91 Å². The summed E-state index contributed by atoms with van der Waals surface area (Å²) in [4.78, 5) is 13.5. The summed E-state index contributed by atoms with van der Waals surface area (Å²) >= 11 is 0. The highest BCUT2D eigenvalue weighted by atomic mass is 19.1. The molecule has 2 N–H and O–H groups in total. The van der Waals surface area contributed by atoms with Gasteiger partial charge in [-0.25, -0.2) is 4.39 Å². The molecule has 118 valence electrons. The Morgan fingerprint density at radius 2 is 2.10 bits per heavy atom. The van der Waals surface area contributed by atoms with Crippen LogP contribution in [0.4, 0.5) is 4.39 Å². The summed E-state index contributed by atoms with van der Waals surface area (Å²) in [5.74, 6) is 0.370. The first-order valence-corrected chi connectivity index (χ1v) is 7.36. The van der Waals surface area contributed by atoms with E-state index in [1.807, 2.05) is 0 Å². The maximum atomic E-state index is 13.3. The van der Waals surface area contributed by atoms with Gasteiger partial charge in [-0.05, 0) is 37.4 Å².